The summed E-state index contributed by atoms with van der Waals surface area (Å²) in [5.41, 5.74) is 6.65. The van der Waals surface area contributed by atoms with E-state index in [4.69, 9.17) is 25.2 Å². The van der Waals surface area contributed by atoms with Gasteiger partial charge in [-0.3, -0.25) is 0 Å². The van der Waals surface area contributed by atoms with Crippen molar-refractivity contribution in [1.29, 1.82) is 5.26 Å². The average Bonchev–Trinajstić information content (AvgIpc) is 2.37. The Morgan fingerprint density at radius 2 is 1.71 bits per heavy atom. The molecule has 0 saturated heterocycles. The van der Waals surface area contributed by atoms with Gasteiger partial charge in [0.25, 0.3) is 0 Å². The monoisotopic (exact) mass is 236 g/mol. The van der Waals surface area contributed by atoms with Crippen molar-refractivity contribution in [3.63, 3.8) is 0 Å². The largest absolute Gasteiger partial charge is 0.493 e. The Morgan fingerprint density at radius 1 is 1.18 bits per heavy atom. The minimum absolute atomic E-state index is 0.235. The molecule has 17 heavy (non-hydrogen) atoms. The van der Waals surface area contributed by atoms with Crippen LogP contribution in [0.15, 0.2) is 12.1 Å². The summed E-state index contributed by atoms with van der Waals surface area (Å²) in [5, 5.41) is 8.63. The van der Waals surface area contributed by atoms with Crippen LogP contribution in [0.5, 0.6) is 17.2 Å². The van der Waals surface area contributed by atoms with Crippen LogP contribution in [-0.4, -0.2) is 21.3 Å². The number of rotatable bonds is 5. The normalized spacial score (nSPS) is 11.5. The first-order chi connectivity index (χ1) is 8.17. The highest BCUT2D eigenvalue weighted by molar-refractivity contribution is 5.54. The zero-order chi connectivity index (χ0) is 12.8. The number of hydrogen-bond acceptors (Lipinski definition) is 5. The zero-order valence-electron chi connectivity index (χ0n) is 10.2. The van der Waals surface area contributed by atoms with Gasteiger partial charge in [-0.2, -0.15) is 5.26 Å². The maximum absolute atomic E-state index is 8.63. The molecule has 0 aliphatic rings. The van der Waals surface area contributed by atoms with Crippen molar-refractivity contribution in [3.05, 3.63) is 17.7 Å². The topological polar surface area (TPSA) is 77.5 Å². The standard InChI is InChI=1S/C12H16N2O3/c1-15-10-6-8(9(14)4-5-13)7-11(16-2)12(10)17-3/h6-7,9H,4,14H2,1-3H3/t9-/m0/s1. The summed E-state index contributed by atoms with van der Waals surface area (Å²) in [5.74, 6) is 1.59. The predicted octanol–water partition coefficient (Wildman–Crippen LogP) is 1.63. The van der Waals surface area contributed by atoms with Crippen molar-refractivity contribution in [2.75, 3.05) is 21.3 Å². The summed E-state index contributed by atoms with van der Waals surface area (Å²) in [7, 11) is 4.61. The third-order valence-electron chi connectivity index (χ3n) is 2.43. The van der Waals surface area contributed by atoms with Crippen molar-refractivity contribution in [3.8, 4) is 23.3 Å². The van der Waals surface area contributed by atoms with Crippen LogP contribution in [-0.2, 0) is 0 Å². The zero-order valence-corrected chi connectivity index (χ0v) is 10.2. The number of methoxy groups -OCH3 is 3. The number of hydrogen-bond donors (Lipinski definition) is 1. The quantitative estimate of drug-likeness (QED) is 0.840. The van der Waals surface area contributed by atoms with E-state index < -0.39 is 0 Å². The summed E-state index contributed by atoms with van der Waals surface area (Å²) in [6.45, 7) is 0. The van der Waals surface area contributed by atoms with E-state index >= 15 is 0 Å². The molecule has 0 saturated carbocycles. The molecular weight excluding hydrogens is 220 g/mol. The molecule has 5 heteroatoms. The van der Waals surface area contributed by atoms with E-state index in [0.717, 1.165) is 5.56 Å². The molecule has 5 nitrogen and oxygen atoms in total. The van der Waals surface area contributed by atoms with Crippen LogP contribution in [0.2, 0.25) is 0 Å². The van der Waals surface area contributed by atoms with E-state index in [9.17, 15) is 0 Å². The van der Waals surface area contributed by atoms with Gasteiger partial charge in [0.2, 0.25) is 5.75 Å². The maximum atomic E-state index is 8.63. The van der Waals surface area contributed by atoms with Crippen LogP contribution in [0, 0.1) is 11.3 Å². The molecule has 0 fully saturated rings. The molecule has 0 aromatic heterocycles. The number of nitrogens with zero attached hydrogens (tertiary/aromatic N) is 1. The predicted molar refractivity (Wildman–Crippen MR) is 63.3 cm³/mol. The summed E-state index contributed by atoms with van der Waals surface area (Å²) in [6.07, 6.45) is 0.235. The van der Waals surface area contributed by atoms with Crippen molar-refractivity contribution in [2.24, 2.45) is 5.73 Å². The van der Waals surface area contributed by atoms with Crippen LogP contribution in [0.1, 0.15) is 18.0 Å². The summed E-state index contributed by atoms with van der Waals surface area (Å²) in [4.78, 5) is 0. The Labute approximate surface area is 101 Å². The molecule has 1 rings (SSSR count). The van der Waals surface area contributed by atoms with E-state index in [1.165, 1.54) is 21.3 Å². The lowest BCUT2D eigenvalue weighted by atomic mass is 10.0. The second kappa shape index (κ2) is 5.97. The van der Waals surface area contributed by atoms with Gasteiger partial charge in [0.05, 0.1) is 33.8 Å². The van der Waals surface area contributed by atoms with E-state index in [1.807, 2.05) is 6.07 Å². The van der Waals surface area contributed by atoms with Gasteiger partial charge >= 0.3 is 0 Å². The Morgan fingerprint density at radius 3 is 2.06 bits per heavy atom. The number of nitrogens with two attached hydrogens (primary N) is 1. The third-order valence-corrected chi connectivity index (χ3v) is 2.43. The molecule has 92 valence electrons. The fourth-order valence-electron chi connectivity index (χ4n) is 1.53. The first kappa shape index (κ1) is 13.1. The van der Waals surface area contributed by atoms with Gasteiger partial charge in [-0.1, -0.05) is 0 Å². The third kappa shape index (κ3) is 2.80. The van der Waals surface area contributed by atoms with Crippen molar-refractivity contribution in [2.45, 2.75) is 12.5 Å². The highest BCUT2D eigenvalue weighted by Crippen LogP contribution is 2.39. The molecule has 0 aliphatic carbocycles. The summed E-state index contributed by atoms with van der Waals surface area (Å²) in [6, 6.07) is 5.17. The molecule has 1 atom stereocenters. The molecule has 1 aromatic carbocycles. The van der Waals surface area contributed by atoms with Crippen LogP contribution in [0.3, 0.4) is 0 Å². The van der Waals surface area contributed by atoms with E-state index in [1.54, 1.807) is 12.1 Å². The van der Waals surface area contributed by atoms with Crippen LogP contribution in [0.25, 0.3) is 0 Å². The fourth-order valence-corrected chi connectivity index (χ4v) is 1.53. The van der Waals surface area contributed by atoms with Crippen molar-refractivity contribution >= 4 is 0 Å². The van der Waals surface area contributed by atoms with Gasteiger partial charge in [0.1, 0.15) is 0 Å². The minimum atomic E-state index is -0.367. The lowest BCUT2D eigenvalue weighted by molar-refractivity contribution is 0.323. The highest BCUT2D eigenvalue weighted by atomic mass is 16.5. The SMILES string of the molecule is COc1cc([C@@H](N)CC#N)cc(OC)c1OC. The van der Waals surface area contributed by atoms with Crippen LogP contribution >= 0.6 is 0 Å². The molecule has 0 amide bonds. The van der Waals surface area contributed by atoms with E-state index in [-0.39, 0.29) is 12.5 Å². The molecule has 0 spiro atoms. The Balaban J connectivity index is 3.22. The van der Waals surface area contributed by atoms with Crippen LogP contribution in [0.4, 0.5) is 0 Å². The van der Waals surface area contributed by atoms with E-state index in [0.29, 0.717) is 17.2 Å². The molecule has 0 aliphatic heterocycles. The lowest BCUT2D eigenvalue weighted by Crippen LogP contribution is -2.10. The second-order valence-electron chi connectivity index (χ2n) is 3.43. The molecular formula is C12H16N2O3. The van der Waals surface area contributed by atoms with Gasteiger partial charge in [0.15, 0.2) is 11.5 Å². The summed E-state index contributed by atoms with van der Waals surface area (Å²) < 4.78 is 15.6. The summed E-state index contributed by atoms with van der Waals surface area (Å²) >= 11 is 0. The van der Waals surface area contributed by atoms with Gasteiger partial charge in [0, 0.05) is 6.04 Å². The van der Waals surface area contributed by atoms with Crippen LogP contribution < -0.4 is 19.9 Å². The molecule has 0 unspecified atom stereocenters. The Bertz CT molecular complexity index is 401. The molecule has 0 heterocycles. The molecule has 1 aromatic rings. The second-order valence-corrected chi connectivity index (χ2v) is 3.43. The Hall–Kier alpha value is -1.93. The van der Waals surface area contributed by atoms with Gasteiger partial charge < -0.3 is 19.9 Å². The minimum Gasteiger partial charge on any atom is -0.493 e. The molecule has 0 radical (unpaired) electrons. The number of ether oxygens (including phenoxy) is 3. The highest BCUT2D eigenvalue weighted by Gasteiger charge is 2.16. The van der Waals surface area contributed by atoms with Crippen molar-refractivity contribution in [1.82, 2.24) is 0 Å². The number of benzene rings is 1. The van der Waals surface area contributed by atoms with E-state index in [2.05, 4.69) is 0 Å². The molecule has 0 bridgehead atoms. The smallest absolute Gasteiger partial charge is 0.203 e. The van der Waals surface area contributed by atoms with Gasteiger partial charge in [-0.05, 0) is 17.7 Å². The first-order valence-electron chi connectivity index (χ1n) is 5.10. The number of nitriles is 1. The maximum Gasteiger partial charge on any atom is 0.203 e. The Kier molecular flexibility index (Phi) is 4.61. The van der Waals surface area contributed by atoms with Gasteiger partial charge in [-0.25, -0.2) is 0 Å². The lowest BCUT2D eigenvalue weighted by Gasteiger charge is -2.16. The fraction of sp³-hybridized carbons (Fsp3) is 0.417. The molecule has 2 N–H and O–H groups in total. The van der Waals surface area contributed by atoms with Crippen molar-refractivity contribution < 1.29 is 14.2 Å². The van der Waals surface area contributed by atoms with Gasteiger partial charge in [-0.15, -0.1) is 0 Å². The first-order valence-corrected chi connectivity index (χ1v) is 5.10. The average molecular weight is 236 g/mol.